The van der Waals surface area contributed by atoms with E-state index in [0.717, 1.165) is 16.7 Å². The van der Waals surface area contributed by atoms with E-state index in [9.17, 15) is 24.0 Å². The minimum absolute atomic E-state index is 0.0391. The van der Waals surface area contributed by atoms with Crippen LogP contribution in [0.3, 0.4) is 0 Å². The second-order valence-corrected chi connectivity index (χ2v) is 9.48. The van der Waals surface area contributed by atoms with Crippen molar-refractivity contribution in [1.29, 1.82) is 0 Å². The number of benzene rings is 2. The predicted molar refractivity (Wildman–Crippen MR) is 138 cm³/mol. The van der Waals surface area contributed by atoms with Crippen molar-refractivity contribution in [2.75, 3.05) is 0 Å². The minimum atomic E-state index is -1.15. The number of carboxylic acid groups (broad SMARTS) is 2. The van der Waals surface area contributed by atoms with Gasteiger partial charge in [0.15, 0.2) is 5.78 Å². The summed E-state index contributed by atoms with van der Waals surface area (Å²) in [7, 11) is 0. The number of aliphatic carboxylic acids is 2. The van der Waals surface area contributed by atoms with Crippen LogP contribution in [-0.4, -0.2) is 45.8 Å². The molecule has 37 heavy (non-hydrogen) atoms. The van der Waals surface area contributed by atoms with Crippen LogP contribution in [0, 0.1) is 5.92 Å². The molecule has 0 heterocycles. The number of hydrogen-bond acceptors (Lipinski definition) is 5. The Kier molecular flexibility index (Phi) is 11.6. The van der Waals surface area contributed by atoms with E-state index in [0.29, 0.717) is 16.5 Å². The summed E-state index contributed by atoms with van der Waals surface area (Å²) in [5.41, 5.74) is 7.89. The highest BCUT2D eigenvalue weighted by molar-refractivity contribution is 6.35. The monoisotopic (exact) mass is 550 g/mol. The molecular formula is C26H28Cl2N2O7. The molecule has 0 saturated carbocycles. The number of carbonyl (C=O) groups is 5. The number of rotatable bonds is 15. The number of nitrogens with two attached hydrogens (primary N) is 1. The molecule has 0 unspecified atom stereocenters. The molecule has 0 aliphatic rings. The van der Waals surface area contributed by atoms with E-state index < -0.39 is 41.5 Å². The molecule has 0 aliphatic carbocycles. The smallest absolute Gasteiger partial charge is 0.303 e. The molecule has 5 N–H and O–H groups in total. The average Bonchev–Trinajstić information content (AvgIpc) is 2.82. The number of carboxylic acids is 2. The SMILES string of the molecule is NC(=O)[C@H](CCC(=O)O)CC(=O)[C@H](CCC(=O)O)NC(=O)CCc1ccc(-c2cc(Cl)cc(Cl)c2)cc1. The van der Waals surface area contributed by atoms with Crippen molar-refractivity contribution in [3.05, 3.63) is 58.1 Å². The van der Waals surface area contributed by atoms with Gasteiger partial charge < -0.3 is 21.3 Å². The van der Waals surface area contributed by atoms with E-state index in [2.05, 4.69) is 5.32 Å². The Morgan fingerprint density at radius 1 is 0.811 bits per heavy atom. The Balaban J connectivity index is 1.99. The van der Waals surface area contributed by atoms with Crippen molar-refractivity contribution in [3.63, 3.8) is 0 Å². The predicted octanol–water partition coefficient (Wildman–Crippen LogP) is 3.87. The van der Waals surface area contributed by atoms with Crippen LogP contribution in [0.4, 0.5) is 0 Å². The highest BCUT2D eigenvalue weighted by Gasteiger charge is 2.27. The maximum absolute atomic E-state index is 12.8. The topological polar surface area (TPSA) is 164 Å². The lowest BCUT2D eigenvalue weighted by atomic mass is 9.92. The summed E-state index contributed by atoms with van der Waals surface area (Å²) in [6, 6.07) is 11.5. The zero-order valence-corrected chi connectivity index (χ0v) is 21.4. The first-order chi connectivity index (χ1) is 17.4. The molecule has 2 rings (SSSR count). The summed E-state index contributed by atoms with van der Waals surface area (Å²) in [5, 5.41) is 21.4. The summed E-state index contributed by atoms with van der Waals surface area (Å²) in [6.07, 6.45) is -1.00. The number of primary amides is 1. The first-order valence-corrected chi connectivity index (χ1v) is 12.3. The van der Waals surface area contributed by atoms with E-state index in [1.54, 1.807) is 18.2 Å². The summed E-state index contributed by atoms with van der Waals surface area (Å²) in [5.74, 6) is -5.18. The zero-order chi connectivity index (χ0) is 27.5. The molecular weight excluding hydrogens is 523 g/mol. The van der Waals surface area contributed by atoms with Gasteiger partial charge in [0, 0.05) is 41.6 Å². The quantitative estimate of drug-likeness (QED) is 0.261. The fraction of sp³-hybridized carbons (Fsp3) is 0.346. The average molecular weight is 551 g/mol. The number of aryl methyl sites for hydroxylation is 1. The number of halogens is 2. The van der Waals surface area contributed by atoms with Crippen LogP contribution in [0.1, 0.15) is 44.1 Å². The van der Waals surface area contributed by atoms with E-state index in [4.69, 9.17) is 39.1 Å². The van der Waals surface area contributed by atoms with Crippen molar-refractivity contribution < 1.29 is 34.2 Å². The van der Waals surface area contributed by atoms with E-state index in [-0.39, 0.29) is 38.5 Å². The van der Waals surface area contributed by atoms with Gasteiger partial charge in [0.1, 0.15) is 0 Å². The van der Waals surface area contributed by atoms with Gasteiger partial charge in [-0.25, -0.2) is 0 Å². The van der Waals surface area contributed by atoms with Crippen LogP contribution in [-0.2, 0) is 30.4 Å². The lowest BCUT2D eigenvalue weighted by Gasteiger charge is -2.19. The second-order valence-electron chi connectivity index (χ2n) is 8.61. The highest BCUT2D eigenvalue weighted by atomic mass is 35.5. The molecule has 198 valence electrons. The maximum Gasteiger partial charge on any atom is 0.303 e. The molecule has 2 amide bonds. The first kappa shape index (κ1) is 29.8. The summed E-state index contributed by atoms with van der Waals surface area (Å²) in [6.45, 7) is 0. The molecule has 0 radical (unpaired) electrons. The first-order valence-electron chi connectivity index (χ1n) is 11.5. The molecule has 2 atom stereocenters. The third-order valence-electron chi connectivity index (χ3n) is 5.72. The van der Waals surface area contributed by atoms with Crippen LogP contribution in [0.2, 0.25) is 10.0 Å². The largest absolute Gasteiger partial charge is 0.481 e. The summed E-state index contributed by atoms with van der Waals surface area (Å²) < 4.78 is 0. The molecule has 9 nitrogen and oxygen atoms in total. The van der Waals surface area contributed by atoms with Crippen LogP contribution >= 0.6 is 23.2 Å². The molecule has 0 aliphatic heterocycles. The number of nitrogens with one attached hydrogen (secondary N) is 1. The van der Waals surface area contributed by atoms with Crippen molar-refractivity contribution in [1.82, 2.24) is 5.32 Å². The number of Topliss-reactive ketones (excluding diaryl/α,β-unsaturated/α-hetero) is 1. The number of amides is 2. The molecule has 0 saturated heterocycles. The van der Waals surface area contributed by atoms with Gasteiger partial charge in [-0.3, -0.25) is 24.0 Å². The van der Waals surface area contributed by atoms with Gasteiger partial charge in [-0.05, 0) is 54.2 Å². The Hall–Kier alpha value is -3.43. The summed E-state index contributed by atoms with van der Waals surface area (Å²) in [4.78, 5) is 58.8. The number of ketones is 1. The maximum atomic E-state index is 12.8. The van der Waals surface area contributed by atoms with Crippen LogP contribution in [0.25, 0.3) is 11.1 Å². The normalized spacial score (nSPS) is 12.4. The van der Waals surface area contributed by atoms with Gasteiger partial charge in [-0.15, -0.1) is 0 Å². The Morgan fingerprint density at radius 2 is 1.38 bits per heavy atom. The van der Waals surface area contributed by atoms with Crippen molar-refractivity contribution in [2.45, 2.75) is 51.0 Å². The molecule has 2 aromatic rings. The standard InChI is InChI=1S/C26H28Cl2N2O7/c27-19-11-18(12-20(28)14-19)16-4-1-15(2-5-16)3-8-23(32)30-21(7-10-25(35)36)22(31)13-17(26(29)37)6-9-24(33)34/h1-2,4-5,11-12,14,17,21H,3,6-10,13H2,(H2,29,37)(H,30,32)(H,33,34)(H,35,36)/t17-,21+/m1/s1. The lowest BCUT2D eigenvalue weighted by molar-refractivity contribution is -0.139. The van der Waals surface area contributed by atoms with Gasteiger partial charge in [-0.1, -0.05) is 47.5 Å². The number of carbonyl (C=O) groups excluding carboxylic acids is 3. The van der Waals surface area contributed by atoms with Gasteiger partial charge in [-0.2, -0.15) is 0 Å². The van der Waals surface area contributed by atoms with E-state index in [1.807, 2.05) is 24.3 Å². The summed E-state index contributed by atoms with van der Waals surface area (Å²) >= 11 is 12.1. The Labute approximate surface area is 223 Å². The van der Waals surface area contributed by atoms with Crippen molar-refractivity contribution in [2.24, 2.45) is 11.7 Å². The van der Waals surface area contributed by atoms with Crippen LogP contribution < -0.4 is 11.1 Å². The second kappa shape index (κ2) is 14.3. The lowest BCUT2D eigenvalue weighted by Crippen LogP contribution is -2.43. The molecule has 2 aromatic carbocycles. The van der Waals surface area contributed by atoms with Gasteiger partial charge in [0.2, 0.25) is 11.8 Å². The van der Waals surface area contributed by atoms with Crippen molar-refractivity contribution >= 4 is 52.7 Å². The van der Waals surface area contributed by atoms with E-state index in [1.165, 1.54) is 0 Å². The fourth-order valence-electron chi connectivity index (χ4n) is 3.72. The third kappa shape index (κ3) is 10.6. The van der Waals surface area contributed by atoms with Gasteiger partial charge >= 0.3 is 11.9 Å². The Morgan fingerprint density at radius 3 is 1.92 bits per heavy atom. The van der Waals surface area contributed by atoms with Crippen LogP contribution in [0.5, 0.6) is 0 Å². The number of hydrogen-bond donors (Lipinski definition) is 4. The van der Waals surface area contributed by atoms with E-state index >= 15 is 0 Å². The molecule has 11 heteroatoms. The molecule has 0 fully saturated rings. The highest BCUT2D eigenvalue weighted by Crippen LogP contribution is 2.27. The van der Waals surface area contributed by atoms with Gasteiger partial charge in [0.05, 0.1) is 6.04 Å². The zero-order valence-electron chi connectivity index (χ0n) is 19.9. The Bertz CT molecular complexity index is 1130. The fourth-order valence-corrected chi connectivity index (χ4v) is 4.24. The molecule has 0 spiro atoms. The van der Waals surface area contributed by atoms with Crippen molar-refractivity contribution in [3.8, 4) is 11.1 Å². The van der Waals surface area contributed by atoms with Gasteiger partial charge in [0.25, 0.3) is 0 Å². The molecule has 0 aromatic heterocycles. The van der Waals surface area contributed by atoms with Crippen LogP contribution in [0.15, 0.2) is 42.5 Å². The molecule has 0 bridgehead atoms. The third-order valence-corrected chi connectivity index (χ3v) is 6.15. The minimum Gasteiger partial charge on any atom is -0.481 e.